The monoisotopic (exact) mass is 346 g/mol. The van der Waals surface area contributed by atoms with E-state index in [1.54, 1.807) is 6.08 Å². The first-order chi connectivity index (χ1) is 9.19. The fraction of sp³-hybridized carbons (Fsp3) is 0.600. The first-order valence-electron chi connectivity index (χ1n) is 6.55. The molecule has 1 heterocycles. The predicted octanol–water partition coefficient (Wildman–Crippen LogP) is 4.38. The lowest BCUT2D eigenvalue weighted by molar-refractivity contribution is -0.348. The van der Waals surface area contributed by atoms with Gasteiger partial charge in [-0.1, -0.05) is 47.0 Å². The predicted molar refractivity (Wildman–Crippen MR) is 83.4 cm³/mol. The Morgan fingerprint density at radius 1 is 1.47 bits per heavy atom. The zero-order valence-electron chi connectivity index (χ0n) is 11.1. The lowest BCUT2D eigenvalue weighted by Gasteiger charge is -2.23. The highest BCUT2D eigenvalue weighted by Crippen LogP contribution is 2.24. The molecule has 0 bridgehead atoms. The molecule has 0 aromatic rings. The lowest BCUT2D eigenvalue weighted by atomic mass is 10.1. The molecule has 1 rings (SSSR count). The molecule has 4 heteroatoms. The van der Waals surface area contributed by atoms with Crippen molar-refractivity contribution in [2.24, 2.45) is 0 Å². The van der Waals surface area contributed by atoms with Gasteiger partial charge in [0.25, 0.3) is 0 Å². The van der Waals surface area contributed by atoms with Crippen molar-refractivity contribution in [3.63, 3.8) is 0 Å². The van der Waals surface area contributed by atoms with Gasteiger partial charge in [-0.2, -0.15) is 0 Å². The Hall–Kier alpha value is -0.270. The van der Waals surface area contributed by atoms with Crippen LogP contribution in [-0.2, 0) is 9.78 Å². The Labute approximate surface area is 129 Å². The second kappa shape index (κ2) is 9.61. The summed E-state index contributed by atoms with van der Waals surface area (Å²) < 4.78 is 0. The lowest BCUT2D eigenvalue weighted by Crippen LogP contribution is -2.29. The molecule has 0 amide bonds. The average Bonchev–Trinajstić information content (AvgIpc) is 2.50. The van der Waals surface area contributed by atoms with Crippen LogP contribution in [0.1, 0.15) is 32.6 Å². The fourth-order valence-corrected chi connectivity index (χ4v) is 2.33. The zero-order valence-corrected chi connectivity index (χ0v) is 13.4. The maximum atomic E-state index is 6.32. The van der Waals surface area contributed by atoms with E-state index in [0.29, 0.717) is 6.42 Å². The quantitative estimate of drug-likeness (QED) is 0.325. The van der Waals surface area contributed by atoms with E-state index in [9.17, 15) is 0 Å². The van der Waals surface area contributed by atoms with Gasteiger partial charge in [0.15, 0.2) is 0 Å². The largest absolute Gasteiger partial charge is 0.232 e. The first kappa shape index (κ1) is 16.8. The number of halogens is 2. The molecule has 0 saturated carbocycles. The summed E-state index contributed by atoms with van der Waals surface area (Å²) in [7, 11) is 0. The molecule has 4 atom stereocenters. The Bertz CT molecular complexity index is 349. The van der Waals surface area contributed by atoms with Crippen molar-refractivity contribution in [2.75, 3.05) is 0 Å². The molecule has 0 spiro atoms. The van der Waals surface area contributed by atoms with Crippen LogP contribution in [0.3, 0.4) is 0 Å². The summed E-state index contributed by atoms with van der Waals surface area (Å²) in [6, 6.07) is 0. The zero-order chi connectivity index (χ0) is 14.1. The van der Waals surface area contributed by atoms with Crippen LogP contribution in [0.15, 0.2) is 24.3 Å². The van der Waals surface area contributed by atoms with Crippen molar-refractivity contribution in [1.29, 1.82) is 0 Å². The summed E-state index contributed by atoms with van der Waals surface area (Å²) >= 11 is 9.93. The third-order valence-electron chi connectivity index (χ3n) is 2.98. The standard InChI is InChI=1S/C15H20BrClO2/c1-3-5-6-11-15-13(17)9-7-8-10-14(18-19-15)12(16)4-2/h1,5-8,12-15H,4,9-11H2,2H3/b6-5-,8-7-/t12-,13+,14+,15+/m0/s1. The van der Waals surface area contributed by atoms with Crippen molar-refractivity contribution >= 4 is 27.5 Å². The molecule has 2 nitrogen and oxygen atoms in total. The van der Waals surface area contributed by atoms with Gasteiger partial charge >= 0.3 is 0 Å². The van der Waals surface area contributed by atoms with E-state index in [1.807, 2.05) is 6.08 Å². The van der Waals surface area contributed by atoms with E-state index in [0.717, 1.165) is 19.3 Å². The second-order valence-electron chi connectivity index (χ2n) is 4.46. The molecular formula is C15H20BrClO2. The molecule has 0 N–H and O–H groups in total. The highest BCUT2D eigenvalue weighted by atomic mass is 79.9. The van der Waals surface area contributed by atoms with Crippen LogP contribution in [0, 0.1) is 12.3 Å². The van der Waals surface area contributed by atoms with E-state index in [1.165, 1.54) is 0 Å². The Balaban J connectivity index is 2.64. The molecule has 0 aliphatic carbocycles. The molecule has 0 aromatic heterocycles. The van der Waals surface area contributed by atoms with Gasteiger partial charge in [-0.15, -0.1) is 18.0 Å². The topological polar surface area (TPSA) is 18.5 Å². The van der Waals surface area contributed by atoms with Crippen LogP contribution in [0.2, 0.25) is 0 Å². The van der Waals surface area contributed by atoms with Crippen molar-refractivity contribution in [2.45, 2.75) is 55.0 Å². The van der Waals surface area contributed by atoms with E-state index in [2.05, 4.69) is 40.9 Å². The minimum Gasteiger partial charge on any atom is -0.232 e. The summed E-state index contributed by atoms with van der Waals surface area (Å²) in [4.78, 5) is 11.4. The number of rotatable bonds is 4. The number of allylic oxidation sites excluding steroid dienone is 2. The molecule has 19 heavy (non-hydrogen) atoms. The van der Waals surface area contributed by atoms with E-state index < -0.39 is 0 Å². The van der Waals surface area contributed by atoms with Crippen LogP contribution >= 0.6 is 27.5 Å². The minimum absolute atomic E-state index is 0.00216. The number of hydrogen-bond donors (Lipinski definition) is 0. The second-order valence-corrected chi connectivity index (χ2v) is 6.19. The van der Waals surface area contributed by atoms with Gasteiger partial charge in [0, 0.05) is 4.83 Å². The van der Waals surface area contributed by atoms with E-state index >= 15 is 0 Å². The van der Waals surface area contributed by atoms with Crippen LogP contribution < -0.4 is 0 Å². The van der Waals surface area contributed by atoms with Gasteiger partial charge in [0.2, 0.25) is 0 Å². The number of hydrogen-bond acceptors (Lipinski definition) is 2. The van der Waals surface area contributed by atoms with Gasteiger partial charge in [-0.05, 0) is 31.8 Å². The summed E-state index contributed by atoms with van der Waals surface area (Å²) in [6.07, 6.45) is 16.0. The Kier molecular flexibility index (Phi) is 8.48. The van der Waals surface area contributed by atoms with Gasteiger partial charge in [0.05, 0.1) is 5.38 Å². The molecule has 0 fully saturated rings. The average molecular weight is 348 g/mol. The minimum atomic E-state index is -0.187. The third-order valence-corrected chi connectivity index (χ3v) is 4.67. The van der Waals surface area contributed by atoms with Crippen LogP contribution in [0.25, 0.3) is 0 Å². The fourth-order valence-electron chi connectivity index (χ4n) is 1.78. The highest BCUT2D eigenvalue weighted by Gasteiger charge is 2.25. The third kappa shape index (κ3) is 6.14. The normalized spacial score (nSPS) is 32.0. The summed E-state index contributed by atoms with van der Waals surface area (Å²) in [5, 5.41) is -0.118. The molecule has 0 aromatic carbocycles. The van der Waals surface area contributed by atoms with Crippen molar-refractivity contribution in [3.8, 4) is 12.3 Å². The van der Waals surface area contributed by atoms with E-state index in [-0.39, 0.29) is 22.4 Å². The van der Waals surface area contributed by atoms with Crippen LogP contribution in [0.4, 0.5) is 0 Å². The molecule has 1 aliphatic heterocycles. The van der Waals surface area contributed by atoms with Crippen molar-refractivity contribution in [1.82, 2.24) is 0 Å². The summed E-state index contributed by atoms with van der Waals surface area (Å²) in [6.45, 7) is 2.11. The van der Waals surface area contributed by atoms with Gasteiger partial charge in [-0.3, -0.25) is 0 Å². The van der Waals surface area contributed by atoms with Gasteiger partial charge in [-0.25, -0.2) is 9.78 Å². The Morgan fingerprint density at radius 3 is 2.89 bits per heavy atom. The Morgan fingerprint density at radius 2 is 2.21 bits per heavy atom. The molecule has 1 aliphatic rings. The molecule has 0 unspecified atom stereocenters. The molecule has 0 saturated heterocycles. The SMILES string of the molecule is C#C/C=C\C[C@H]1OO[C@@H]([C@@H](Br)CC)C/C=C\C[C@H]1Cl. The maximum Gasteiger partial charge on any atom is 0.113 e. The smallest absolute Gasteiger partial charge is 0.113 e. The van der Waals surface area contributed by atoms with Gasteiger partial charge < -0.3 is 0 Å². The van der Waals surface area contributed by atoms with Crippen molar-refractivity contribution in [3.05, 3.63) is 24.3 Å². The number of terminal acetylenes is 1. The molecule has 0 radical (unpaired) electrons. The van der Waals surface area contributed by atoms with Crippen LogP contribution in [-0.4, -0.2) is 22.4 Å². The van der Waals surface area contributed by atoms with E-state index in [4.69, 9.17) is 27.8 Å². The van der Waals surface area contributed by atoms with Gasteiger partial charge in [0.1, 0.15) is 12.2 Å². The molecular weight excluding hydrogens is 328 g/mol. The molecule has 106 valence electrons. The maximum absolute atomic E-state index is 6.32. The number of alkyl halides is 2. The summed E-state index contributed by atoms with van der Waals surface area (Å²) in [5.74, 6) is 2.46. The highest BCUT2D eigenvalue weighted by molar-refractivity contribution is 9.09. The first-order valence-corrected chi connectivity index (χ1v) is 7.90. The van der Waals surface area contributed by atoms with Crippen LogP contribution in [0.5, 0.6) is 0 Å². The van der Waals surface area contributed by atoms with Crippen molar-refractivity contribution < 1.29 is 9.78 Å². The summed E-state index contributed by atoms with van der Waals surface area (Å²) in [5.41, 5.74) is 0.